The largest absolute Gasteiger partial charge is 0.444 e. The van der Waals surface area contributed by atoms with Gasteiger partial charge in [-0.3, -0.25) is 4.79 Å². The van der Waals surface area contributed by atoms with Gasteiger partial charge in [0.1, 0.15) is 5.60 Å². The summed E-state index contributed by atoms with van der Waals surface area (Å²) in [5.74, 6) is -0.315. The van der Waals surface area contributed by atoms with Crippen molar-refractivity contribution in [2.45, 2.75) is 51.3 Å². The Hall–Kier alpha value is -2.25. The molecule has 2 heterocycles. The summed E-state index contributed by atoms with van der Waals surface area (Å²) >= 11 is 0. The first kappa shape index (κ1) is 20.5. The summed E-state index contributed by atoms with van der Waals surface area (Å²) < 4.78 is 43.9. The monoisotopic (exact) mass is 398 g/mol. The van der Waals surface area contributed by atoms with Crippen molar-refractivity contribution in [2.75, 3.05) is 19.6 Å². The minimum Gasteiger partial charge on any atom is -0.444 e. The van der Waals surface area contributed by atoms with Gasteiger partial charge < -0.3 is 15.0 Å². The van der Waals surface area contributed by atoms with Crippen molar-refractivity contribution in [3.63, 3.8) is 0 Å². The zero-order chi connectivity index (χ0) is 20.7. The molecular weight excluding hydrogens is 373 g/mol. The predicted octanol–water partition coefficient (Wildman–Crippen LogP) is 3.94. The normalized spacial score (nSPS) is 22.3. The lowest BCUT2D eigenvalue weighted by molar-refractivity contribution is -0.137. The number of likely N-dealkylation sites (tertiary alicyclic amines) is 1. The Bertz CT molecular complexity index is 745. The molecule has 1 N–H and O–H groups in total. The van der Waals surface area contributed by atoms with Crippen molar-refractivity contribution < 1.29 is 27.5 Å². The van der Waals surface area contributed by atoms with E-state index in [1.807, 2.05) is 0 Å². The van der Waals surface area contributed by atoms with E-state index in [-0.39, 0.29) is 11.8 Å². The number of amides is 2. The Morgan fingerprint density at radius 2 is 1.71 bits per heavy atom. The smallest absolute Gasteiger partial charge is 0.416 e. The molecule has 8 heteroatoms. The van der Waals surface area contributed by atoms with E-state index in [0.29, 0.717) is 38.0 Å². The fourth-order valence-corrected chi connectivity index (χ4v) is 4.06. The van der Waals surface area contributed by atoms with E-state index in [1.165, 1.54) is 12.1 Å². The Morgan fingerprint density at radius 3 is 2.21 bits per heavy atom. The van der Waals surface area contributed by atoms with E-state index in [1.54, 1.807) is 25.7 Å². The second-order valence-corrected chi connectivity index (χ2v) is 8.51. The maximum atomic E-state index is 12.8. The van der Waals surface area contributed by atoms with E-state index in [4.69, 9.17) is 4.74 Å². The van der Waals surface area contributed by atoms with E-state index in [9.17, 15) is 22.8 Å². The fourth-order valence-electron chi connectivity index (χ4n) is 4.06. The van der Waals surface area contributed by atoms with Crippen LogP contribution in [0.25, 0.3) is 0 Å². The number of carbonyl (C=O) groups excluding carboxylic acids is 2. The van der Waals surface area contributed by atoms with Crippen LogP contribution in [0.5, 0.6) is 0 Å². The molecule has 2 saturated heterocycles. The molecule has 1 aromatic carbocycles. The molecule has 1 unspecified atom stereocenters. The maximum Gasteiger partial charge on any atom is 0.416 e. The van der Waals surface area contributed by atoms with Crippen molar-refractivity contribution in [2.24, 2.45) is 5.41 Å². The molecule has 5 nitrogen and oxygen atoms in total. The number of nitrogens with one attached hydrogen (secondary N) is 1. The summed E-state index contributed by atoms with van der Waals surface area (Å²) in [7, 11) is 0. The zero-order valence-corrected chi connectivity index (χ0v) is 16.2. The Balaban J connectivity index is 1.75. The number of benzene rings is 1. The van der Waals surface area contributed by atoms with Crippen LogP contribution >= 0.6 is 0 Å². The quantitative estimate of drug-likeness (QED) is 0.780. The van der Waals surface area contributed by atoms with Gasteiger partial charge in [0, 0.05) is 25.6 Å². The summed E-state index contributed by atoms with van der Waals surface area (Å²) in [5, 5.41) is 2.86. The lowest BCUT2D eigenvalue weighted by Gasteiger charge is -2.41. The van der Waals surface area contributed by atoms with Gasteiger partial charge in [-0.25, -0.2) is 4.79 Å². The van der Waals surface area contributed by atoms with Gasteiger partial charge in [0.2, 0.25) is 5.91 Å². The Kier molecular flexibility index (Phi) is 5.10. The van der Waals surface area contributed by atoms with Gasteiger partial charge in [-0.15, -0.1) is 0 Å². The molecule has 1 atom stereocenters. The second-order valence-electron chi connectivity index (χ2n) is 8.51. The van der Waals surface area contributed by atoms with E-state index < -0.39 is 28.8 Å². The van der Waals surface area contributed by atoms with Gasteiger partial charge in [0.25, 0.3) is 0 Å². The number of piperidine rings is 1. The van der Waals surface area contributed by atoms with Crippen molar-refractivity contribution in [3.8, 4) is 0 Å². The molecular formula is C20H25F3N2O3. The highest BCUT2D eigenvalue weighted by atomic mass is 19.4. The summed E-state index contributed by atoms with van der Waals surface area (Å²) in [6.45, 7) is 6.51. The molecule has 2 amide bonds. The third-order valence-corrected chi connectivity index (χ3v) is 5.53. The number of nitrogens with zero attached hydrogens (tertiary/aromatic N) is 1. The number of hydrogen-bond acceptors (Lipinski definition) is 3. The highest BCUT2D eigenvalue weighted by Crippen LogP contribution is 2.48. The third-order valence-electron chi connectivity index (χ3n) is 5.53. The molecule has 2 aliphatic heterocycles. The number of rotatable bonds is 1. The molecule has 0 saturated carbocycles. The fraction of sp³-hybridized carbons (Fsp3) is 0.600. The summed E-state index contributed by atoms with van der Waals surface area (Å²) in [6, 6.07) is 5.02. The number of hydrogen-bond donors (Lipinski definition) is 1. The van der Waals surface area contributed by atoms with E-state index >= 15 is 0 Å². The average molecular weight is 398 g/mol. The van der Waals surface area contributed by atoms with Crippen LogP contribution in [0.3, 0.4) is 0 Å². The summed E-state index contributed by atoms with van der Waals surface area (Å²) in [5.41, 5.74) is -1.31. The molecule has 154 valence electrons. The number of halogens is 3. The van der Waals surface area contributed by atoms with Gasteiger partial charge in [-0.2, -0.15) is 13.2 Å². The average Bonchev–Trinajstić information content (AvgIpc) is 2.90. The molecule has 0 bridgehead atoms. The maximum absolute atomic E-state index is 12.8. The SMILES string of the molecule is CC(C)(C)OC(=O)N1CCC2(CC1)C(=O)NCC2c1ccc(C(F)(F)F)cc1. The van der Waals surface area contributed by atoms with Crippen LogP contribution in [-0.4, -0.2) is 42.1 Å². The van der Waals surface area contributed by atoms with Gasteiger partial charge in [-0.1, -0.05) is 12.1 Å². The molecule has 28 heavy (non-hydrogen) atoms. The van der Waals surface area contributed by atoms with Gasteiger partial charge in [0.05, 0.1) is 11.0 Å². The molecule has 3 rings (SSSR count). The van der Waals surface area contributed by atoms with Gasteiger partial charge in [-0.05, 0) is 51.3 Å². The van der Waals surface area contributed by atoms with Crippen molar-refractivity contribution in [3.05, 3.63) is 35.4 Å². The molecule has 1 aromatic rings. The first-order valence-corrected chi connectivity index (χ1v) is 9.36. The second kappa shape index (κ2) is 6.97. The van der Waals surface area contributed by atoms with E-state index in [0.717, 1.165) is 12.1 Å². The number of carbonyl (C=O) groups is 2. The van der Waals surface area contributed by atoms with Crippen molar-refractivity contribution in [1.29, 1.82) is 0 Å². The first-order valence-electron chi connectivity index (χ1n) is 9.36. The lowest BCUT2D eigenvalue weighted by atomic mass is 9.68. The molecule has 2 fully saturated rings. The molecule has 0 aliphatic carbocycles. The van der Waals surface area contributed by atoms with Crippen LogP contribution in [0.4, 0.5) is 18.0 Å². The van der Waals surface area contributed by atoms with Crippen molar-refractivity contribution >= 4 is 12.0 Å². The Morgan fingerprint density at radius 1 is 1.14 bits per heavy atom. The minimum atomic E-state index is -4.39. The predicted molar refractivity (Wildman–Crippen MR) is 96.7 cm³/mol. The van der Waals surface area contributed by atoms with Gasteiger partial charge in [0.15, 0.2) is 0 Å². The van der Waals surface area contributed by atoms with Crippen LogP contribution < -0.4 is 5.32 Å². The summed E-state index contributed by atoms with van der Waals surface area (Å²) in [6.07, 6.45) is -3.90. The zero-order valence-electron chi connectivity index (χ0n) is 16.2. The topological polar surface area (TPSA) is 58.6 Å². The van der Waals surface area contributed by atoms with Crippen LogP contribution in [-0.2, 0) is 15.7 Å². The van der Waals surface area contributed by atoms with Gasteiger partial charge >= 0.3 is 12.3 Å². The molecule has 0 radical (unpaired) electrons. The number of alkyl halides is 3. The summed E-state index contributed by atoms with van der Waals surface area (Å²) in [4.78, 5) is 26.5. The molecule has 2 aliphatic rings. The molecule has 1 spiro atoms. The van der Waals surface area contributed by atoms with Crippen LogP contribution in [0.1, 0.15) is 50.7 Å². The third kappa shape index (κ3) is 3.95. The van der Waals surface area contributed by atoms with Crippen LogP contribution in [0.15, 0.2) is 24.3 Å². The van der Waals surface area contributed by atoms with Crippen LogP contribution in [0.2, 0.25) is 0 Å². The standard InChI is InChI=1S/C20H25F3N2O3/c1-18(2,3)28-17(27)25-10-8-19(9-11-25)15(12-24-16(19)26)13-4-6-14(7-5-13)20(21,22)23/h4-7,15H,8-12H2,1-3H3,(H,24,26). The first-order chi connectivity index (χ1) is 12.9. The van der Waals surface area contributed by atoms with E-state index in [2.05, 4.69) is 5.32 Å². The van der Waals surface area contributed by atoms with Crippen molar-refractivity contribution in [1.82, 2.24) is 10.2 Å². The minimum absolute atomic E-state index is 0.0961. The highest BCUT2D eigenvalue weighted by Gasteiger charge is 2.52. The lowest BCUT2D eigenvalue weighted by Crippen LogP contribution is -2.49. The molecule has 0 aromatic heterocycles. The highest BCUT2D eigenvalue weighted by molar-refractivity contribution is 5.87. The van der Waals surface area contributed by atoms with Crippen LogP contribution in [0, 0.1) is 5.41 Å². The number of ether oxygens (including phenoxy) is 1. The Labute approximate surface area is 162 Å².